The third-order valence-corrected chi connectivity index (χ3v) is 4.35. The number of anilines is 1. The van der Waals surface area contributed by atoms with Crippen LogP contribution in [0.25, 0.3) is 0 Å². The average molecular weight is 407 g/mol. The Morgan fingerprint density at radius 2 is 2.00 bits per heavy atom. The number of benzene rings is 1. The molecule has 0 radical (unpaired) electrons. The van der Waals surface area contributed by atoms with Crippen LogP contribution >= 0.6 is 15.9 Å². The molecule has 0 aliphatic carbocycles. The molecule has 8 nitrogen and oxygen atoms in total. The first-order chi connectivity index (χ1) is 12.0. The van der Waals surface area contributed by atoms with E-state index in [0.29, 0.717) is 5.76 Å². The molecule has 0 atom stereocenters. The highest BCUT2D eigenvalue weighted by Crippen LogP contribution is 2.31. The van der Waals surface area contributed by atoms with Crippen molar-refractivity contribution in [2.24, 2.45) is 5.10 Å². The van der Waals surface area contributed by atoms with Gasteiger partial charge in [-0.1, -0.05) is 0 Å². The maximum absolute atomic E-state index is 12.0. The van der Waals surface area contributed by atoms with Crippen molar-refractivity contribution in [3.05, 3.63) is 56.2 Å². The van der Waals surface area contributed by atoms with Crippen molar-refractivity contribution >= 4 is 39.6 Å². The van der Waals surface area contributed by atoms with E-state index in [0.717, 1.165) is 36.3 Å². The summed E-state index contributed by atoms with van der Waals surface area (Å²) in [6.07, 6.45) is 3.69. The summed E-state index contributed by atoms with van der Waals surface area (Å²) in [6, 6.07) is 7.07. The second-order valence-electron chi connectivity index (χ2n) is 5.50. The number of amides is 1. The van der Waals surface area contributed by atoms with Crippen LogP contribution < -0.4 is 10.3 Å². The molecule has 2 heterocycles. The summed E-state index contributed by atoms with van der Waals surface area (Å²) in [5.41, 5.74) is 2.57. The Hall–Kier alpha value is -2.68. The van der Waals surface area contributed by atoms with Gasteiger partial charge in [-0.2, -0.15) is 5.10 Å². The number of hydrazone groups is 1. The Balaban J connectivity index is 1.61. The first-order valence-electron chi connectivity index (χ1n) is 7.67. The topological polar surface area (TPSA) is 101 Å². The van der Waals surface area contributed by atoms with E-state index in [1.165, 1.54) is 30.5 Å². The Morgan fingerprint density at radius 1 is 1.32 bits per heavy atom. The standard InChI is InChI=1S/C16H15BrN4O4/c17-14-9-13(25-16(14)20-7-1-2-8-20)10-18-19-15(22)11-3-5-12(6-4-11)21(23)24/h3-6,9-10H,1-2,7-8H2,(H,19,22)/b18-10-. The summed E-state index contributed by atoms with van der Waals surface area (Å²) in [4.78, 5) is 24.2. The summed E-state index contributed by atoms with van der Waals surface area (Å²) in [7, 11) is 0. The van der Waals surface area contributed by atoms with Crippen molar-refractivity contribution in [3.63, 3.8) is 0 Å². The minimum absolute atomic E-state index is 0.0741. The highest BCUT2D eigenvalue weighted by Gasteiger charge is 2.19. The second-order valence-corrected chi connectivity index (χ2v) is 6.35. The van der Waals surface area contributed by atoms with Gasteiger partial charge in [-0.15, -0.1) is 0 Å². The van der Waals surface area contributed by atoms with Crippen LogP contribution in [-0.4, -0.2) is 30.1 Å². The van der Waals surface area contributed by atoms with E-state index in [1.54, 1.807) is 6.07 Å². The molecular formula is C16H15BrN4O4. The molecule has 1 aromatic carbocycles. The van der Waals surface area contributed by atoms with E-state index in [2.05, 4.69) is 31.4 Å². The molecule has 1 saturated heterocycles. The Labute approximate surface area is 151 Å². The molecular weight excluding hydrogens is 392 g/mol. The van der Waals surface area contributed by atoms with Crippen LogP contribution in [0.2, 0.25) is 0 Å². The van der Waals surface area contributed by atoms with Gasteiger partial charge in [-0.05, 0) is 40.9 Å². The summed E-state index contributed by atoms with van der Waals surface area (Å²) < 4.78 is 6.58. The van der Waals surface area contributed by atoms with Crippen molar-refractivity contribution in [2.75, 3.05) is 18.0 Å². The van der Waals surface area contributed by atoms with Gasteiger partial charge in [0, 0.05) is 36.9 Å². The lowest BCUT2D eigenvalue weighted by molar-refractivity contribution is -0.384. The van der Waals surface area contributed by atoms with E-state index in [-0.39, 0.29) is 11.3 Å². The molecule has 1 aromatic heterocycles. The Kier molecular flexibility index (Phi) is 5.13. The molecule has 1 aliphatic rings. The quantitative estimate of drug-likeness (QED) is 0.466. The van der Waals surface area contributed by atoms with Crippen LogP contribution in [0.15, 0.2) is 44.3 Å². The molecule has 1 amide bonds. The molecule has 1 N–H and O–H groups in total. The SMILES string of the molecule is O=C(N/N=C\c1cc(Br)c(N2CCCC2)o1)c1ccc([N+](=O)[O-])cc1. The van der Waals surface area contributed by atoms with E-state index < -0.39 is 10.8 Å². The molecule has 1 aliphatic heterocycles. The molecule has 0 spiro atoms. The van der Waals surface area contributed by atoms with Gasteiger partial charge in [0.1, 0.15) is 0 Å². The van der Waals surface area contributed by atoms with Crippen LogP contribution in [-0.2, 0) is 0 Å². The van der Waals surface area contributed by atoms with Gasteiger partial charge in [0.05, 0.1) is 15.6 Å². The predicted molar refractivity (Wildman–Crippen MR) is 96.0 cm³/mol. The van der Waals surface area contributed by atoms with Gasteiger partial charge in [0.2, 0.25) is 5.88 Å². The number of rotatable bonds is 5. The smallest absolute Gasteiger partial charge is 0.271 e. The number of non-ortho nitro benzene ring substituents is 1. The number of nitro benzene ring substituents is 1. The third kappa shape index (κ3) is 4.05. The van der Waals surface area contributed by atoms with Crippen LogP contribution in [0.4, 0.5) is 11.6 Å². The summed E-state index contributed by atoms with van der Waals surface area (Å²) >= 11 is 3.46. The molecule has 0 unspecified atom stereocenters. The fourth-order valence-corrected chi connectivity index (χ4v) is 3.09. The van der Waals surface area contributed by atoms with E-state index >= 15 is 0 Å². The minimum atomic E-state index is -0.521. The molecule has 3 rings (SSSR count). The largest absolute Gasteiger partial charge is 0.438 e. The molecule has 25 heavy (non-hydrogen) atoms. The first-order valence-corrected chi connectivity index (χ1v) is 8.46. The van der Waals surface area contributed by atoms with Gasteiger partial charge >= 0.3 is 0 Å². The maximum atomic E-state index is 12.0. The minimum Gasteiger partial charge on any atom is -0.438 e. The molecule has 0 saturated carbocycles. The molecule has 130 valence electrons. The maximum Gasteiger partial charge on any atom is 0.271 e. The third-order valence-electron chi connectivity index (χ3n) is 3.78. The zero-order valence-electron chi connectivity index (χ0n) is 13.1. The molecule has 9 heteroatoms. The fraction of sp³-hybridized carbons (Fsp3) is 0.250. The highest BCUT2D eigenvalue weighted by atomic mass is 79.9. The monoisotopic (exact) mass is 406 g/mol. The highest BCUT2D eigenvalue weighted by molar-refractivity contribution is 9.10. The van der Waals surface area contributed by atoms with Crippen LogP contribution in [0.1, 0.15) is 29.0 Å². The van der Waals surface area contributed by atoms with Crippen molar-refractivity contribution in [1.29, 1.82) is 0 Å². The van der Waals surface area contributed by atoms with Crippen molar-refractivity contribution in [2.45, 2.75) is 12.8 Å². The number of carbonyl (C=O) groups is 1. The van der Waals surface area contributed by atoms with E-state index in [1.807, 2.05) is 0 Å². The zero-order valence-corrected chi connectivity index (χ0v) is 14.7. The Bertz CT molecular complexity index is 810. The number of furan rings is 1. The number of hydrogen-bond donors (Lipinski definition) is 1. The number of hydrogen-bond acceptors (Lipinski definition) is 6. The van der Waals surface area contributed by atoms with Crippen LogP contribution in [0, 0.1) is 10.1 Å². The zero-order chi connectivity index (χ0) is 17.8. The number of nitrogens with one attached hydrogen (secondary N) is 1. The average Bonchev–Trinajstić information content (AvgIpc) is 3.24. The molecule has 1 fully saturated rings. The predicted octanol–water partition coefficient (Wildman–Crippen LogP) is 3.31. The number of carbonyl (C=O) groups excluding carboxylic acids is 1. The second kappa shape index (κ2) is 7.47. The van der Waals surface area contributed by atoms with Crippen molar-refractivity contribution in [3.8, 4) is 0 Å². The summed E-state index contributed by atoms with van der Waals surface area (Å²) in [6.45, 7) is 1.92. The number of halogens is 1. The molecule has 2 aromatic rings. The van der Waals surface area contributed by atoms with Gasteiger partial charge in [-0.3, -0.25) is 14.9 Å². The van der Waals surface area contributed by atoms with Crippen LogP contribution in [0.5, 0.6) is 0 Å². The summed E-state index contributed by atoms with van der Waals surface area (Å²) in [5, 5.41) is 14.5. The lowest BCUT2D eigenvalue weighted by Crippen LogP contribution is -2.17. The number of nitro groups is 1. The molecule has 0 bridgehead atoms. The van der Waals surface area contributed by atoms with Gasteiger partial charge in [-0.25, -0.2) is 5.43 Å². The van der Waals surface area contributed by atoms with E-state index in [4.69, 9.17) is 4.42 Å². The Morgan fingerprint density at radius 3 is 2.64 bits per heavy atom. The van der Waals surface area contributed by atoms with E-state index in [9.17, 15) is 14.9 Å². The summed E-state index contributed by atoms with van der Waals surface area (Å²) in [5.74, 6) is 0.815. The normalized spacial score (nSPS) is 14.2. The van der Waals surface area contributed by atoms with Gasteiger partial charge in [0.25, 0.3) is 11.6 Å². The lowest BCUT2D eigenvalue weighted by Gasteiger charge is -2.13. The van der Waals surface area contributed by atoms with Crippen molar-refractivity contribution < 1.29 is 14.1 Å². The lowest BCUT2D eigenvalue weighted by atomic mass is 10.2. The van der Waals surface area contributed by atoms with Gasteiger partial charge < -0.3 is 9.32 Å². The van der Waals surface area contributed by atoms with Crippen LogP contribution in [0.3, 0.4) is 0 Å². The number of nitrogens with zero attached hydrogens (tertiary/aromatic N) is 3. The fourth-order valence-electron chi connectivity index (χ4n) is 2.53. The van der Waals surface area contributed by atoms with Gasteiger partial charge in [0.15, 0.2) is 5.76 Å². The van der Waals surface area contributed by atoms with Crippen molar-refractivity contribution in [1.82, 2.24) is 5.43 Å². The first kappa shape index (κ1) is 17.2.